The normalized spacial score (nSPS) is 16.1. The second-order valence-corrected chi connectivity index (χ2v) is 3.91. The van der Waals surface area contributed by atoms with Crippen LogP contribution in [0.1, 0.15) is 12.6 Å². The maximum absolute atomic E-state index is 11.6. The van der Waals surface area contributed by atoms with Crippen molar-refractivity contribution in [2.45, 2.75) is 13.5 Å². The molecule has 1 aromatic heterocycles. The Balaban J connectivity index is 2.01. The molecule has 1 amide bonds. The number of aromatic nitrogens is 1. The molecule has 0 saturated carbocycles. The summed E-state index contributed by atoms with van der Waals surface area (Å²) >= 11 is 0. The summed E-state index contributed by atoms with van der Waals surface area (Å²) < 4.78 is 5.09. The Labute approximate surface area is 101 Å². The average molecular weight is 235 g/mol. The standard InChI is InChI=1S/C12H17N3O2/c1-2-13-11-5-3-4-10(14-11)8-15-6-7-17-9-12(15)16/h3-5H,2,6-9H2,1H3,(H,13,14). The smallest absolute Gasteiger partial charge is 0.248 e. The predicted octanol–water partition coefficient (Wildman–Crippen LogP) is 0.872. The van der Waals surface area contributed by atoms with Gasteiger partial charge in [0.05, 0.1) is 18.8 Å². The van der Waals surface area contributed by atoms with Gasteiger partial charge in [-0.3, -0.25) is 4.79 Å². The Morgan fingerprint density at radius 1 is 1.53 bits per heavy atom. The van der Waals surface area contributed by atoms with Crippen LogP contribution in [0.5, 0.6) is 0 Å². The molecule has 1 aliphatic heterocycles. The maximum Gasteiger partial charge on any atom is 0.248 e. The predicted molar refractivity (Wildman–Crippen MR) is 64.6 cm³/mol. The van der Waals surface area contributed by atoms with E-state index in [4.69, 9.17) is 4.74 Å². The first kappa shape index (κ1) is 11.9. The summed E-state index contributed by atoms with van der Waals surface area (Å²) in [4.78, 5) is 17.8. The van der Waals surface area contributed by atoms with Gasteiger partial charge >= 0.3 is 0 Å². The molecule has 0 unspecified atom stereocenters. The van der Waals surface area contributed by atoms with E-state index in [0.717, 1.165) is 18.1 Å². The van der Waals surface area contributed by atoms with Crippen molar-refractivity contribution in [3.05, 3.63) is 23.9 Å². The second-order valence-electron chi connectivity index (χ2n) is 3.91. The average Bonchev–Trinajstić information content (AvgIpc) is 2.33. The molecule has 0 spiro atoms. The molecule has 0 bridgehead atoms. The lowest BCUT2D eigenvalue weighted by atomic mass is 10.3. The van der Waals surface area contributed by atoms with Crippen molar-refractivity contribution in [3.8, 4) is 0 Å². The number of anilines is 1. The molecule has 1 N–H and O–H groups in total. The van der Waals surface area contributed by atoms with Gasteiger partial charge in [0.25, 0.3) is 0 Å². The Morgan fingerprint density at radius 2 is 2.41 bits per heavy atom. The Kier molecular flexibility index (Phi) is 3.93. The molecular formula is C12H17N3O2. The topological polar surface area (TPSA) is 54.5 Å². The number of morpholine rings is 1. The molecule has 17 heavy (non-hydrogen) atoms. The SMILES string of the molecule is CCNc1cccc(CN2CCOCC2=O)n1. The van der Waals surface area contributed by atoms with Crippen LogP contribution in [0.4, 0.5) is 5.82 Å². The van der Waals surface area contributed by atoms with Gasteiger partial charge in [-0.25, -0.2) is 4.98 Å². The molecule has 0 radical (unpaired) electrons. The van der Waals surface area contributed by atoms with E-state index in [1.165, 1.54) is 0 Å². The van der Waals surface area contributed by atoms with Gasteiger partial charge < -0.3 is 15.0 Å². The molecule has 2 heterocycles. The van der Waals surface area contributed by atoms with E-state index in [-0.39, 0.29) is 12.5 Å². The second kappa shape index (κ2) is 5.63. The number of nitrogens with zero attached hydrogens (tertiary/aromatic N) is 2. The van der Waals surface area contributed by atoms with Crippen LogP contribution in [0.2, 0.25) is 0 Å². The van der Waals surface area contributed by atoms with Gasteiger partial charge in [0.2, 0.25) is 5.91 Å². The lowest BCUT2D eigenvalue weighted by Crippen LogP contribution is -2.41. The number of nitrogens with one attached hydrogen (secondary N) is 1. The van der Waals surface area contributed by atoms with E-state index in [2.05, 4.69) is 10.3 Å². The highest BCUT2D eigenvalue weighted by Gasteiger charge is 2.18. The molecule has 5 nitrogen and oxygen atoms in total. The fourth-order valence-electron chi connectivity index (χ4n) is 1.76. The van der Waals surface area contributed by atoms with Crippen molar-refractivity contribution >= 4 is 11.7 Å². The first-order chi connectivity index (χ1) is 8.29. The summed E-state index contributed by atoms with van der Waals surface area (Å²) in [7, 11) is 0. The number of ether oxygens (including phenoxy) is 1. The van der Waals surface area contributed by atoms with Crippen LogP contribution >= 0.6 is 0 Å². The van der Waals surface area contributed by atoms with E-state index < -0.39 is 0 Å². The van der Waals surface area contributed by atoms with Gasteiger partial charge in [0, 0.05) is 13.1 Å². The summed E-state index contributed by atoms with van der Waals surface area (Å²) in [6.07, 6.45) is 0. The number of carbonyl (C=O) groups excluding carboxylic acids is 1. The quantitative estimate of drug-likeness (QED) is 0.841. The van der Waals surface area contributed by atoms with Crippen LogP contribution in [0, 0.1) is 0 Å². The lowest BCUT2D eigenvalue weighted by Gasteiger charge is -2.26. The van der Waals surface area contributed by atoms with Crippen molar-refractivity contribution in [3.63, 3.8) is 0 Å². The van der Waals surface area contributed by atoms with E-state index in [1.807, 2.05) is 25.1 Å². The third-order valence-electron chi connectivity index (χ3n) is 2.60. The molecule has 0 aromatic carbocycles. The Bertz CT molecular complexity index is 395. The van der Waals surface area contributed by atoms with Crippen molar-refractivity contribution in [2.75, 3.05) is 31.6 Å². The first-order valence-electron chi connectivity index (χ1n) is 5.85. The third-order valence-corrected chi connectivity index (χ3v) is 2.60. The molecule has 2 rings (SSSR count). The number of amides is 1. The van der Waals surface area contributed by atoms with Gasteiger partial charge in [0.15, 0.2) is 0 Å². The van der Waals surface area contributed by atoms with Crippen LogP contribution in [0.3, 0.4) is 0 Å². The molecule has 0 atom stereocenters. The van der Waals surface area contributed by atoms with Gasteiger partial charge in [-0.2, -0.15) is 0 Å². The molecular weight excluding hydrogens is 218 g/mol. The van der Waals surface area contributed by atoms with Gasteiger partial charge in [-0.05, 0) is 19.1 Å². The van der Waals surface area contributed by atoms with Gasteiger partial charge in [-0.15, -0.1) is 0 Å². The zero-order valence-electron chi connectivity index (χ0n) is 9.98. The molecule has 5 heteroatoms. The largest absolute Gasteiger partial charge is 0.370 e. The summed E-state index contributed by atoms with van der Waals surface area (Å²) in [5.74, 6) is 0.887. The Hall–Kier alpha value is -1.62. The van der Waals surface area contributed by atoms with Crippen LogP contribution in [-0.4, -0.2) is 42.1 Å². The highest BCUT2D eigenvalue weighted by Crippen LogP contribution is 2.09. The van der Waals surface area contributed by atoms with E-state index in [1.54, 1.807) is 4.90 Å². The van der Waals surface area contributed by atoms with Crippen LogP contribution in [0.25, 0.3) is 0 Å². The summed E-state index contributed by atoms with van der Waals surface area (Å²) in [6.45, 7) is 4.87. The maximum atomic E-state index is 11.6. The zero-order chi connectivity index (χ0) is 12.1. The van der Waals surface area contributed by atoms with E-state index >= 15 is 0 Å². The van der Waals surface area contributed by atoms with Crippen molar-refractivity contribution in [1.82, 2.24) is 9.88 Å². The van der Waals surface area contributed by atoms with Crippen LogP contribution in [-0.2, 0) is 16.1 Å². The van der Waals surface area contributed by atoms with E-state index in [9.17, 15) is 4.79 Å². The highest BCUT2D eigenvalue weighted by atomic mass is 16.5. The number of hydrogen-bond donors (Lipinski definition) is 1. The summed E-state index contributed by atoms with van der Waals surface area (Å²) in [5.41, 5.74) is 0.902. The van der Waals surface area contributed by atoms with Crippen molar-refractivity contribution in [2.24, 2.45) is 0 Å². The van der Waals surface area contributed by atoms with E-state index in [0.29, 0.717) is 19.7 Å². The lowest BCUT2D eigenvalue weighted by molar-refractivity contribution is -0.143. The minimum atomic E-state index is 0.0342. The van der Waals surface area contributed by atoms with Crippen LogP contribution < -0.4 is 5.32 Å². The minimum absolute atomic E-state index is 0.0342. The monoisotopic (exact) mass is 235 g/mol. The highest BCUT2D eigenvalue weighted by molar-refractivity contribution is 5.77. The van der Waals surface area contributed by atoms with Crippen LogP contribution in [0.15, 0.2) is 18.2 Å². The first-order valence-corrected chi connectivity index (χ1v) is 5.85. The van der Waals surface area contributed by atoms with Crippen molar-refractivity contribution < 1.29 is 9.53 Å². The fraction of sp³-hybridized carbons (Fsp3) is 0.500. The summed E-state index contributed by atoms with van der Waals surface area (Å²) in [6, 6.07) is 5.81. The molecule has 1 aliphatic rings. The number of rotatable bonds is 4. The molecule has 92 valence electrons. The number of pyridine rings is 1. The number of carbonyl (C=O) groups is 1. The molecule has 1 fully saturated rings. The minimum Gasteiger partial charge on any atom is -0.370 e. The van der Waals surface area contributed by atoms with Crippen molar-refractivity contribution in [1.29, 1.82) is 0 Å². The Morgan fingerprint density at radius 3 is 3.18 bits per heavy atom. The number of hydrogen-bond acceptors (Lipinski definition) is 4. The molecule has 1 aromatic rings. The molecule has 0 aliphatic carbocycles. The molecule has 1 saturated heterocycles. The van der Waals surface area contributed by atoms with Gasteiger partial charge in [-0.1, -0.05) is 6.07 Å². The third kappa shape index (κ3) is 3.17. The summed E-state index contributed by atoms with van der Waals surface area (Å²) in [5, 5.41) is 3.16. The van der Waals surface area contributed by atoms with Gasteiger partial charge in [0.1, 0.15) is 12.4 Å². The zero-order valence-corrected chi connectivity index (χ0v) is 9.98. The fourth-order valence-corrected chi connectivity index (χ4v) is 1.76.